The van der Waals surface area contributed by atoms with E-state index in [-0.39, 0.29) is 23.9 Å². The lowest BCUT2D eigenvalue weighted by atomic mass is 9.96. The number of amides is 3. The Morgan fingerprint density at radius 3 is 2.46 bits per heavy atom. The Balaban J connectivity index is 1.87. The van der Waals surface area contributed by atoms with Gasteiger partial charge < -0.3 is 16.0 Å². The summed E-state index contributed by atoms with van der Waals surface area (Å²) in [6.45, 7) is 4.00. The van der Waals surface area contributed by atoms with Gasteiger partial charge in [-0.15, -0.1) is 0 Å². The summed E-state index contributed by atoms with van der Waals surface area (Å²) in [4.78, 5) is 24.2. The van der Waals surface area contributed by atoms with Crippen LogP contribution in [0.4, 0.5) is 16.2 Å². The summed E-state index contributed by atoms with van der Waals surface area (Å²) in [5, 5.41) is 8.79. The third-order valence-electron chi connectivity index (χ3n) is 4.50. The number of hydrogen-bond acceptors (Lipinski definition) is 2. The molecule has 1 unspecified atom stereocenters. The van der Waals surface area contributed by atoms with Gasteiger partial charge in [-0.25, -0.2) is 4.79 Å². The maximum atomic E-state index is 12.1. The number of rotatable bonds is 6. The smallest absolute Gasteiger partial charge is 0.319 e. The summed E-state index contributed by atoms with van der Waals surface area (Å²) in [6.07, 6.45) is 7.59. The molecule has 1 aromatic carbocycles. The Hall–Kier alpha value is -2.04. The molecule has 2 rings (SSSR count). The third kappa shape index (κ3) is 5.87. The number of benzene rings is 1. The van der Waals surface area contributed by atoms with E-state index >= 15 is 0 Å². The molecule has 0 spiro atoms. The van der Waals surface area contributed by atoms with Crippen molar-refractivity contribution in [2.24, 2.45) is 5.92 Å². The molecule has 1 aromatic rings. The molecule has 0 aromatic heterocycles. The monoisotopic (exact) mass is 331 g/mol. The topological polar surface area (TPSA) is 70.2 Å². The van der Waals surface area contributed by atoms with Crippen LogP contribution in [0.1, 0.15) is 58.8 Å². The predicted octanol–water partition coefficient (Wildman–Crippen LogP) is 4.52. The highest BCUT2D eigenvalue weighted by Gasteiger charge is 2.16. The highest BCUT2D eigenvalue weighted by Crippen LogP contribution is 2.19. The summed E-state index contributed by atoms with van der Waals surface area (Å²) in [7, 11) is 0. The van der Waals surface area contributed by atoms with Crippen molar-refractivity contribution in [1.29, 1.82) is 0 Å². The van der Waals surface area contributed by atoms with Crippen LogP contribution in [0.2, 0.25) is 0 Å². The van der Waals surface area contributed by atoms with Gasteiger partial charge in [0.15, 0.2) is 0 Å². The average Bonchev–Trinajstić information content (AvgIpc) is 2.56. The minimum absolute atomic E-state index is 0.0128. The fourth-order valence-electron chi connectivity index (χ4n) is 3.10. The van der Waals surface area contributed by atoms with Crippen LogP contribution in [0.25, 0.3) is 0 Å². The van der Waals surface area contributed by atoms with Crippen LogP contribution in [0.15, 0.2) is 24.3 Å². The van der Waals surface area contributed by atoms with E-state index in [0.717, 1.165) is 25.7 Å². The van der Waals surface area contributed by atoms with Crippen molar-refractivity contribution in [2.45, 2.75) is 64.8 Å². The quantitative estimate of drug-likeness (QED) is 0.717. The zero-order valence-corrected chi connectivity index (χ0v) is 14.7. The maximum absolute atomic E-state index is 12.1. The number of hydrogen-bond donors (Lipinski definition) is 3. The zero-order valence-electron chi connectivity index (χ0n) is 14.7. The van der Waals surface area contributed by atoms with Gasteiger partial charge in [0, 0.05) is 23.3 Å². The fraction of sp³-hybridized carbons (Fsp3) is 0.579. The normalized spacial score (nSPS) is 16.2. The molecule has 1 saturated carbocycles. The van der Waals surface area contributed by atoms with Crippen molar-refractivity contribution in [3.05, 3.63) is 24.3 Å². The molecule has 1 atom stereocenters. The Labute approximate surface area is 144 Å². The van der Waals surface area contributed by atoms with E-state index in [4.69, 9.17) is 0 Å². The first kappa shape index (κ1) is 18.3. The molecule has 3 N–H and O–H groups in total. The van der Waals surface area contributed by atoms with Crippen molar-refractivity contribution < 1.29 is 9.59 Å². The summed E-state index contributed by atoms with van der Waals surface area (Å²) >= 11 is 0. The van der Waals surface area contributed by atoms with Crippen molar-refractivity contribution >= 4 is 23.3 Å². The minimum atomic E-state index is -0.176. The highest BCUT2D eigenvalue weighted by atomic mass is 16.2. The summed E-state index contributed by atoms with van der Waals surface area (Å²) in [6, 6.07) is 7.38. The molecule has 0 bridgehead atoms. The SMILES string of the molecule is CCCC(C)C(=O)Nc1cccc(NC(=O)NC2CCCCC2)c1. The van der Waals surface area contributed by atoms with Crippen LogP contribution in [-0.4, -0.2) is 18.0 Å². The van der Waals surface area contributed by atoms with E-state index in [9.17, 15) is 9.59 Å². The second-order valence-electron chi connectivity index (χ2n) is 6.69. The molecule has 1 aliphatic rings. The van der Waals surface area contributed by atoms with E-state index < -0.39 is 0 Å². The summed E-state index contributed by atoms with van der Waals surface area (Å²) in [5.41, 5.74) is 1.39. The largest absolute Gasteiger partial charge is 0.335 e. The van der Waals surface area contributed by atoms with Crippen LogP contribution in [0.3, 0.4) is 0 Å². The van der Waals surface area contributed by atoms with Crippen LogP contribution in [-0.2, 0) is 4.79 Å². The lowest BCUT2D eigenvalue weighted by Crippen LogP contribution is -2.39. The van der Waals surface area contributed by atoms with Crippen LogP contribution in [0, 0.1) is 5.92 Å². The number of nitrogens with one attached hydrogen (secondary N) is 3. The first-order valence-corrected chi connectivity index (χ1v) is 9.07. The average molecular weight is 331 g/mol. The van der Waals surface area contributed by atoms with Gasteiger partial charge in [0.1, 0.15) is 0 Å². The molecule has 24 heavy (non-hydrogen) atoms. The Morgan fingerprint density at radius 1 is 1.12 bits per heavy atom. The standard InChI is InChI=1S/C19H29N3O2/c1-3-8-14(2)18(23)20-16-11-7-12-17(13-16)22-19(24)21-15-9-5-4-6-10-15/h7,11-15H,3-6,8-10H2,1-2H3,(H,20,23)(H2,21,22,24). The van der Waals surface area contributed by atoms with E-state index in [2.05, 4.69) is 22.9 Å². The summed E-state index contributed by atoms with van der Waals surface area (Å²) < 4.78 is 0. The predicted molar refractivity (Wildman–Crippen MR) is 98.2 cm³/mol. The van der Waals surface area contributed by atoms with Gasteiger partial charge in [0.25, 0.3) is 0 Å². The zero-order chi connectivity index (χ0) is 17.4. The Kier molecular flexibility index (Phi) is 7.09. The third-order valence-corrected chi connectivity index (χ3v) is 4.50. The Bertz CT molecular complexity index is 553. The molecule has 3 amide bonds. The lowest BCUT2D eigenvalue weighted by molar-refractivity contribution is -0.119. The van der Waals surface area contributed by atoms with Gasteiger partial charge in [0.05, 0.1) is 0 Å². The van der Waals surface area contributed by atoms with E-state index in [1.165, 1.54) is 19.3 Å². The second-order valence-corrected chi connectivity index (χ2v) is 6.69. The maximum Gasteiger partial charge on any atom is 0.319 e. The Morgan fingerprint density at radius 2 is 1.79 bits per heavy atom. The minimum Gasteiger partial charge on any atom is -0.335 e. The summed E-state index contributed by atoms with van der Waals surface area (Å²) in [5.74, 6) is 0.00173. The van der Waals surface area contributed by atoms with E-state index in [1.54, 1.807) is 6.07 Å². The first-order valence-electron chi connectivity index (χ1n) is 9.07. The van der Waals surface area contributed by atoms with Crippen molar-refractivity contribution in [3.8, 4) is 0 Å². The van der Waals surface area contributed by atoms with Crippen molar-refractivity contribution in [2.75, 3.05) is 10.6 Å². The molecule has 0 saturated heterocycles. The lowest BCUT2D eigenvalue weighted by Gasteiger charge is -2.23. The number of urea groups is 1. The molecule has 5 heteroatoms. The number of carbonyl (C=O) groups is 2. The van der Waals surface area contributed by atoms with Gasteiger partial charge in [-0.1, -0.05) is 45.6 Å². The number of anilines is 2. The molecule has 0 aliphatic heterocycles. The van der Waals surface area contributed by atoms with E-state index in [1.807, 2.05) is 25.1 Å². The molecular formula is C19H29N3O2. The van der Waals surface area contributed by atoms with Crippen molar-refractivity contribution in [1.82, 2.24) is 5.32 Å². The van der Waals surface area contributed by atoms with E-state index in [0.29, 0.717) is 11.4 Å². The van der Waals surface area contributed by atoms with Crippen LogP contribution in [0.5, 0.6) is 0 Å². The number of carbonyl (C=O) groups excluding carboxylic acids is 2. The van der Waals surface area contributed by atoms with Gasteiger partial charge in [-0.05, 0) is 37.5 Å². The molecule has 0 radical (unpaired) electrons. The van der Waals surface area contributed by atoms with Crippen LogP contribution >= 0.6 is 0 Å². The molecule has 132 valence electrons. The van der Waals surface area contributed by atoms with Gasteiger partial charge in [0.2, 0.25) is 5.91 Å². The van der Waals surface area contributed by atoms with Crippen molar-refractivity contribution in [3.63, 3.8) is 0 Å². The molecular weight excluding hydrogens is 302 g/mol. The molecule has 5 nitrogen and oxygen atoms in total. The molecule has 0 heterocycles. The first-order chi connectivity index (χ1) is 11.6. The second kappa shape index (κ2) is 9.30. The highest BCUT2D eigenvalue weighted by molar-refractivity contribution is 5.94. The molecule has 1 aliphatic carbocycles. The fourth-order valence-corrected chi connectivity index (χ4v) is 3.10. The molecule has 1 fully saturated rings. The van der Waals surface area contributed by atoms with Gasteiger partial charge >= 0.3 is 6.03 Å². The van der Waals surface area contributed by atoms with Gasteiger partial charge in [-0.2, -0.15) is 0 Å². The van der Waals surface area contributed by atoms with Crippen LogP contribution < -0.4 is 16.0 Å². The van der Waals surface area contributed by atoms with Gasteiger partial charge in [-0.3, -0.25) is 4.79 Å².